The van der Waals surface area contributed by atoms with Crippen LogP contribution in [0.2, 0.25) is 5.02 Å². The van der Waals surface area contributed by atoms with Crippen molar-refractivity contribution in [3.8, 4) is 11.1 Å². The molecule has 0 heterocycles. The van der Waals surface area contributed by atoms with E-state index in [0.717, 1.165) is 27.8 Å². The van der Waals surface area contributed by atoms with Crippen LogP contribution in [0.1, 0.15) is 39.9 Å². The van der Waals surface area contributed by atoms with Gasteiger partial charge in [-0.1, -0.05) is 90.5 Å². The van der Waals surface area contributed by atoms with Crippen molar-refractivity contribution in [1.82, 2.24) is 5.32 Å². The van der Waals surface area contributed by atoms with Gasteiger partial charge >= 0.3 is 12.1 Å². The number of halogens is 1. The molecular weight excluding hydrogens is 556 g/mol. The summed E-state index contributed by atoms with van der Waals surface area (Å²) in [5.74, 6) is -2.04. The molecule has 4 aromatic rings. The molecule has 0 saturated carbocycles. The van der Waals surface area contributed by atoms with E-state index in [2.05, 4.69) is 22.8 Å². The van der Waals surface area contributed by atoms with Crippen LogP contribution in [0.4, 0.5) is 10.5 Å². The van der Waals surface area contributed by atoms with Crippen molar-refractivity contribution in [3.63, 3.8) is 0 Å². The SMILES string of the molecule is C[C@H](OCc1ccccc1)[C@@H](NC(=O)c1cc(Cl)cc(NC(=O)OCC2c3ccccc3-c3ccccc32)c1)C(=O)O. The summed E-state index contributed by atoms with van der Waals surface area (Å²) in [6.07, 6.45) is -1.54. The summed E-state index contributed by atoms with van der Waals surface area (Å²) in [4.78, 5) is 37.7. The van der Waals surface area contributed by atoms with Gasteiger partial charge in [-0.3, -0.25) is 10.1 Å². The van der Waals surface area contributed by atoms with Gasteiger partial charge in [0.1, 0.15) is 6.61 Å². The maximum Gasteiger partial charge on any atom is 0.411 e. The lowest BCUT2D eigenvalue weighted by Gasteiger charge is -2.22. The van der Waals surface area contributed by atoms with Crippen LogP contribution in [-0.4, -0.2) is 41.8 Å². The van der Waals surface area contributed by atoms with Crippen molar-refractivity contribution >= 4 is 35.3 Å². The summed E-state index contributed by atoms with van der Waals surface area (Å²) in [5, 5.41) is 15.0. The fraction of sp³-hybridized carbons (Fsp3) is 0.182. The zero-order chi connectivity index (χ0) is 29.6. The Morgan fingerprint density at radius 1 is 0.881 bits per heavy atom. The third-order valence-corrected chi connectivity index (χ3v) is 7.35. The number of rotatable bonds is 10. The van der Waals surface area contributed by atoms with Crippen LogP contribution in [0, 0.1) is 0 Å². The van der Waals surface area contributed by atoms with E-state index in [-0.39, 0.29) is 35.4 Å². The highest BCUT2D eigenvalue weighted by Gasteiger charge is 2.30. The Balaban J connectivity index is 1.21. The zero-order valence-electron chi connectivity index (χ0n) is 22.8. The van der Waals surface area contributed by atoms with Crippen molar-refractivity contribution < 1.29 is 29.0 Å². The number of ether oxygens (including phenoxy) is 2. The number of hydrogen-bond donors (Lipinski definition) is 3. The number of carbonyl (C=O) groups excluding carboxylic acids is 2. The summed E-state index contributed by atoms with van der Waals surface area (Å²) in [6.45, 7) is 1.88. The molecule has 214 valence electrons. The van der Waals surface area contributed by atoms with Gasteiger partial charge in [0.15, 0.2) is 6.04 Å². The molecule has 0 spiro atoms. The first-order valence-electron chi connectivity index (χ1n) is 13.4. The molecule has 0 radical (unpaired) electrons. The van der Waals surface area contributed by atoms with E-state index < -0.39 is 30.1 Å². The molecule has 0 unspecified atom stereocenters. The molecule has 1 aliphatic carbocycles. The van der Waals surface area contributed by atoms with E-state index in [9.17, 15) is 19.5 Å². The number of fused-ring (bicyclic) bond motifs is 3. The van der Waals surface area contributed by atoms with Crippen molar-refractivity contribution in [3.05, 3.63) is 124 Å². The van der Waals surface area contributed by atoms with E-state index >= 15 is 0 Å². The molecule has 0 bridgehead atoms. The van der Waals surface area contributed by atoms with E-state index in [1.807, 2.05) is 66.7 Å². The Labute approximate surface area is 248 Å². The maximum atomic E-state index is 13.0. The number of anilines is 1. The lowest BCUT2D eigenvalue weighted by molar-refractivity contribution is -0.143. The number of benzene rings is 4. The second-order valence-electron chi connectivity index (χ2n) is 9.97. The van der Waals surface area contributed by atoms with Crippen LogP contribution in [0.3, 0.4) is 0 Å². The molecule has 3 N–H and O–H groups in total. The highest BCUT2D eigenvalue weighted by Crippen LogP contribution is 2.44. The molecule has 1 aliphatic rings. The Morgan fingerprint density at radius 3 is 2.14 bits per heavy atom. The number of hydrogen-bond acceptors (Lipinski definition) is 5. The molecule has 8 nitrogen and oxygen atoms in total. The normalized spacial score (nSPS) is 13.4. The molecule has 9 heteroatoms. The Morgan fingerprint density at radius 2 is 1.50 bits per heavy atom. The molecule has 4 aromatic carbocycles. The van der Waals surface area contributed by atoms with E-state index in [0.29, 0.717) is 0 Å². The summed E-state index contributed by atoms with van der Waals surface area (Å²) in [6, 6.07) is 28.3. The quantitative estimate of drug-likeness (QED) is 0.196. The Bertz CT molecular complexity index is 1560. The van der Waals surface area contributed by atoms with Crippen LogP contribution in [0.25, 0.3) is 11.1 Å². The summed E-state index contributed by atoms with van der Waals surface area (Å²) >= 11 is 6.24. The third kappa shape index (κ3) is 6.62. The molecule has 0 aliphatic heterocycles. The van der Waals surface area contributed by atoms with Gasteiger partial charge in [-0.25, -0.2) is 9.59 Å². The minimum atomic E-state index is -1.32. The van der Waals surface area contributed by atoms with Gasteiger partial charge in [0.2, 0.25) is 0 Å². The van der Waals surface area contributed by atoms with Gasteiger partial charge in [-0.15, -0.1) is 0 Å². The zero-order valence-corrected chi connectivity index (χ0v) is 23.5. The predicted octanol–water partition coefficient (Wildman–Crippen LogP) is 6.49. The minimum absolute atomic E-state index is 0.0676. The van der Waals surface area contributed by atoms with Gasteiger partial charge in [-0.05, 0) is 52.9 Å². The summed E-state index contributed by atoms with van der Waals surface area (Å²) < 4.78 is 11.3. The second kappa shape index (κ2) is 12.9. The Hall–Kier alpha value is -4.66. The highest BCUT2D eigenvalue weighted by atomic mass is 35.5. The van der Waals surface area contributed by atoms with Crippen LogP contribution < -0.4 is 10.6 Å². The number of aliphatic carboxylic acids is 1. The van der Waals surface area contributed by atoms with Crippen LogP contribution in [0.5, 0.6) is 0 Å². The minimum Gasteiger partial charge on any atom is -0.480 e. The van der Waals surface area contributed by atoms with Gasteiger partial charge in [0, 0.05) is 22.2 Å². The van der Waals surface area contributed by atoms with Gasteiger partial charge in [-0.2, -0.15) is 0 Å². The average molecular weight is 585 g/mol. The molecule has 2 atom stereocenters. The average Bonchev–Trinajstić information content (AvgIpc) is 3.31. The molecular formula is C33H29ClN2O6. The maximum absolute atomic E-state index is 13.0. The predicted molar refractivity (Wildman–Crippen MR) is 160 cm³/mol. The molecule has 2 amide bonds. The first kappa shape index (κ1) is 28.9. The van der Waals surface area contributed by atoms with Crippen molar-refractivity contribution in [2.45, 2.75) is 31.6 Å². The summed E-state index contributed by atoms with van der Waals surface area (Å²) in [7, 11) is 0. The molecule has 0 fully saturated rings. The fourth-order valence-corrected chi connectivity index (χ4v) is 5.28. The van der Waals surface area contributed by atoms with Crippen molar-refractivity contribution in [2.24, 2.45) is 0 Å². The van der Waals surface area contributed by atoms with Gasteiger partial charge in [0.05, 0.1) is 12.7 Å². The van der Waals surface area contributed by atoms with Crippen LogP contribution in [0.15, 0.2) is 97.1 Å². The lowest BCUT2D eigenvalue weighted by atomic mass is 9.98. The summed E-state index contributed by atoms with van der Waals surface area (Å²) in [5.41, 5.74) is 5.58. The van der Waals surface area contributed by atoms with Crippen LogP contribution >= 0.6 is 11.6 Å². The van der Waals surface area contributed by atoms with Gasteiger partial charge < -0.3 is 19.9 Å². The first-order chi connectivity index (χ1) is 20.3. The van der Waals surface area contributed by atoms with Crippen molar-refractivity contribution in [2.75, 3.05) is 11.9 Å². The van der Waals surface area contributed by atoms with E-state index in [4.69, 9.17) is 21.1 Å². The van der Waals surface area contributed by atoms with Crippen LogP contribution in [-0.2, 0) is 20.9 Å². The first-order valence-corrected chi connectivity index (χ1v) is 13.8. The largest absolute Gasteiger partial charge is 0.480 e. The molecule has 0 saturated heterocycles. The van der Waals surface area contributed by atoms with E-state index in [1.165, 1.54) is 18.2 Å². The topological polar surface area (TPSA) is 114 Å². The molecule has 42 heavy (non-hydrogen) atoms. The second-order valence-corrected chi connectivity index (χ2v) is 10.4. The standard InChI is InChI=1S/C33H29ClN2O6/c1-20(41-18-21-9-3-2-4-10-21)30(32(38)39)36-31(37)22-15-23(34)17-24(16-22)35-33(40)42-19-29-27-13-7-5-11-25(27)26-12-6-8-14-28(26)29/h2-17,20,29-30H,18-19H2,1H3,(H,35,40)(H,36,37)(H,38,39)/t20-,30+/m0/s1. The number of amides is 2. The Kier molecular flexibility index (Phi) is 8.85. The van der Waals surface area contributed by atoms with Crippen molar-refractivity contribution in [1.29, 1.82) is 0 Å². The number of carbonyl (C=O) groups is 3. The number of nitrogens with one attached hydrogen (secondary N) is 2. The lowest BCUT2D eigenvalue weighted by Crippen LogP contribution is -2.48. The monoisotopic (exact) mass is 584 g/mol. The third-order valence-electron chi connectivity index (χ3n) is 7.13. The fourth-order valence-electron chi connectivity index (χ4n) is 5.05. The van der Waals surface area contributed by atoms with Gasteiger partial charge in [0.25, 0.3) is 5.91 Å². The number of carboxylic acid groups (broad SMARTS) is 1. The van der Waals surface area contributed by atoms with E-state index in [1.54, 1.807) is 6.92 Å². The highest BCUT2D eigenvalue weighted by molar-refractivity contribution is 6.31. The molecule has 5 rings (SSSR count). The number of carboxylic acids is 1. The molecule has 0 aromatic heterocycles. The smallest absolute Gasteiger partial charge is 0.411 e.